The number of ether oxygens (including phenoxy) is 2. The van der Waals surface area contributed by atoms with Gasteiger partial charge in [-0.3, -0.25) is 4.79 Å². The highest BCUT2D eigenvalue weighted by atomic mass is 16.6. The first-order chi connectivity index (χ1) is 10.0. The molecule has 21 heavy (non-hydrogen) atoms. The summed E-state index contributed by atoms with van der Waals surface area (Å²) >= 11 is 0. The summed E-state index contributed by atoms with van der Waals surface area (Å²) in [5.74, 6) is 0.908. The molecule has 1 aromatic heterocycles. The molecule has 0 bridgehead atoms. The van der Waals surface area contributed by atoms with E-state index < -0.39 is 0 Å². The van der Waals surface area contributed by atoms with E-state index >= 15 is 0 Å². The molecule has 0 unspecified atom stereocenters. The van der Waals surface area contributed by atoms with Crippen molar-refractivity contribution in [2.75, 3.05) is 19.7 Å². The molecule has 0 saturated carbocycles. The molecule has 1 fully saturated rings. The van der Waals surface area contributed by atoms with E-state index in [0.29, 0.717) is 31.4 Å². The number of nitrogens with one attached hydrogen (secondary N) is 1. The van der Waals surface area contributed by atoms with Crippen LogP contribution in [0.3, 0.4) is 0 Å². The maximum absolute atomic E-state index is 11.8. The number of pyridine rings is 1. The van der Waals surface area contributed by atoms with E-state index in [1.165, 1.54) is 6.07 Å². The van der Waals surface area contributed by atoms with Gasteiger partial charge in [-0.25, -0.2) is 4.79 Å². The molecule has 1 aliphatic rings. The molecule has 6 heteroatoms. The Labute approximate surface area is 124 Å². The second-order valence-electron chi connectivity index (χ2n) is 5.66. The molecule has 6 nitrogen and oxygen atoms in total. The van der Waals surface area contributed by atoms with Crippen LogP contribution in [0, 0.1) is 5.92 Å². The van der Waals surface area contributed by atoms with E-state index in [9.17, 15) is 9.59 Å². The number of aromatic nitrogens is 1. The third kappa shape index (κ3) is 4.81. The Hall–Kier alpha value is -1.98. The minimum Gasteiger partial charge on any atom is -0.490 e. The molecule has 0 atom stereocenters. The fourth-order valence-electron chi connectivity index (χ4n) is 2.18. The van der Waals surface area contributed by atoms with Gasteiger partial charge in [0.05, 0.1) is 6.61 Å². The van der Waals surface area contributed by atoms with E-state index in [2.05, 4.69) is 4.98 Å². The molecule has 2 heterocycles. The number of aromatic amines is 1. The van der Waals surface area contributed by atoms with Gasteiger partial charge in [0.15, 0.2) is 0 Å². The van der Waals surface area contributed by atoms with Crippen molar-refractivity contribution in [3.8, 4) is 5.75 Å². The van der Waals surface area contributed by atoms with Crippen LogP contribution in [0.25, 0.3) is 0 Å². The van der Waals surface area contributed by atoms with Crippen LogP contribution in [-0.4, -0.2) is 41.8 Å². The molecule has 0 spiro atoms. The smallest absolute Gasteiger partial charge is 0.409 e. The molecule has 0 aliphatic carbocycles. The third-order valence-electron chi connectivity index (χ3n) is 3.29. The fraction of sp³-hybridized carbons (Fsp3) is 0.600. The normalized spacial score (nSPS) is 16.0. The van der Waals surface area contributed by atoms with Crippen LogP contribution in [-0.2, 0) is 4.74 Å². The summed E-state index contributed by atoms with van der Waals surface area (Å²) in [7, 11) is 0. The topological polar surface area (TPSA) is 71.6 Å². The molecule has 1 saturated heterocycles. The highest BCUT2D eigenvalue weighted by molar-refractivity contribution is 5.67. The number of hydrogen-bond donors (Lipinski definition) is 1. The highest BCUT2D eigenvalue weighted by Crippen LogP contribution is 2.18. The van der Waals surface area contributed by atoms with Gasteiger partial charge in [-0.1, -0.05) is 13.8 Å². The maximum Gasteiger partial charge on any atom is 0.409 e. The molecule has 1 aliphatic heterocycles. The summed E-state index contributed by atoms with van der Waals surface area (Å²) in [6, 6.07) is 3.16. The molecule has 116 valence electrons. The van der Waals surface area contributed by atoms with Crippen molar-refractivity contribution < 1.29 is 14.3 Å². The average molecular weight is 294 g/mol. The zero-order valence-electron chi connectivity index (χ0n) is 12.5. The predicted octanol–water partition coefficient (Wildman–Crippen LogP) is 2.01. The number of nitrogens with zero attached hydrogens (tertiary/aromatic N) is 1. The summed E-state index contributed by atoms with van der Waals surface area (Å²) in [4.78, 5) is 27.3. The number of rotatable bonds is 4. The van der Waals surface area contributed by atoms with Crippen molar-refractivity contribution in [1.29, 1.82) is 0 Å². The second kappa shape index (κ2) is 7.15. The van der Waals surface area contributed by atoms with E-state index in [0.717, 1.165) is 12.8 Å². The first kappa shape index (κ1) is 15.4. The summed E-state index contributed by atoms with van der Waals surface area (Å²) in [6.07, 6.45) is 2.82. The lowest BCUT2D eigenvalue weighted by atomic mass is 10.1. The monoisotopic (exact) mass is 294 g/mol. The summed E-state index contributed by atoms with van der Waals surface area (Å²) in [5, 5.41) is 0. The zero-order chi connectivity index (χ0) is 15.2. The number of likely N-dealkylation sites (tertiary alicyclic amines) is 1. The summed E-state index contributed by atoms with van der Waals surface area (Å²) in [6.45, 7) is 5.70. The molecule has 1 amide bonds. The molecule has 0 aromatic carbocycles. The molecular weight excluding hydrogens is 272 g/mol. The number of H-pyrrole nitrogens is 1. The van der Waals surface area contributed by atoms with Gasteiger partial charge in [0.25, 0.3) is 5.56 Å². The van der Waals surface area contributed by atoms with Gasteiger partial charge in [-0.05, 0) is 12.0 Å². The zero-order valence-corrected chi connectivity index (χ0v) is 12.5. The van der Waals surface area contributed by atoms with Gasteiger partial charge in [0.2, 0.25) is 0 Å². The fourth-order valence-corrected chi connectivity index (χ4v) is 2.18. The minimum absolute atomic E-state index is 0.0287. The van der Waals surface area contributed by atoms with Gasteiger partial charge in [-0.15, -0.1) is 0 Å². The minimum atomic E-state index is -0.252. The second-order valence-corrected chi connectivity index (χ2v) is 5.66. The maximum atomic E-state index is 11.8. The number of piperidine rings is 1. The average Bonchev–Trinajstić information content (AvgIpc) is 2.45. The molecular formula is C15H22N2O4. The van der Waals surface area contributed by atoms with Crippen molar-refractivity contribution in [2.24, 2.45) is 5.92 Å². The lowest BCUT2D eigenvalue weighted by molar-refractivity contribution is 0.0618. The van der Waals surface area contributed by atoms with Crippen LogP contribution < -0.4 is 10.3 Å². The Kier molecular flexibility index (Phi) is 5.25. The van der Waals surface area contributed by atoms with E-state index in [1.54, 1.807) is 17.2 Å². The third-order valence-corrected chi connectivity index (χ3v) is 3.29. The Morgan fingerprint density at radius 3 is 2.76 bits per heavy atom. The quantitative estimate of drug-likeness (QED) is 0.922. The molecule has 2 rings (SSSR count). The Morgan fingerprint density at radius 1 is 1.43 bits per heavy atom. The van der Waals surface area contributed by atoms with Crippen molar-refractivity contribution in [2.45, 2.75) is 32.8 Å². The van der Waals surface area contributed by atoms with Gasteiger partial charge < -0.3 is 19.4 Å². The molecule has 0 radical (unpaired) electrons. The largest absolute Gasteiger partial charge is 0.490 e. The van der Waals surface area contributed by atoms with E-state index in [1.807, 2.05) is 13.8 Å². The van der Waals surface area contributed by atoms with Crippen LogP contribution in [0.4, 0.5) is 4.79 Å². The van der Waals surface area contributed by atoms with Crippen molar-refractivity contribution >= 4 is 6.09 Å². The lowest BCUT2D eigenvalue weighted by Crippen LogP contribution is -2.42. The van der Waals surface area contributed by atoms with Crippen LogP contribution in [0.2, 0.25) is 0 Å². The lowest BCUT2D eigenvalue weighted by Gasteiger charge is -2.31. The van der Waals surface area contributed by atoms with Crippen molar-refractivity contribution in [3.63, 3.8) is 0 Å². The first-order valence-electron chi connectivity index (χ1n) is 7.31. The van der Waals surface area contributed by atoms with Crippen LogP contribution >= 0.6 is 0 Å². The van der Waals surface area contributed by atoms with Gasteiger partial charge in [-0.2, -0.15) is 0 Å². The van der Waals surface area contributed by atoms with Crippen molar-refractivity contribution in [1.82, 2.24) is 9.88 Å². The molecule has 1 aromatic rings. The first-order valence-corrected chi connectivity index (χ1v) is 7.31. The van der Waals surface area contributed by atoms with Crippen LogP contribution in [0.1, 0.15) is 26.7 Å². The van der Waals surface area contributed by atoms with Crippen LogP contribution in [0.5, 0.6) is 5.75 Å². The SMILES string of the molecule is CC(C)COC(=O)N1CCC(Oc2cc[nH]c(=O)c2)CC1. The van der Waals surface area contributed by atoms with Gasteiger partial charge >= 0.3 is 6.09 Å². The number of hydrogen-bond acceptors (Lipinski definition) is 4. The van der Waals surface area contributed by atoms with Gasteiger partial charge in [0.1, 0.15) is 11.9 Å². The summed E-state index contributed by atoms with van der Waals surface area (Å²) in [5.41, 5.74) is -0.179. The Balaban J connectivity index is 1.78. The van der Waals surface area contributed by atoms with E-state index in [-0.39, 0.29) is 17.8 Å². The number of carbonyl (C=O) groups is 1. The number of carbonyl (C=O) groups excluding carboxylic acids is 1. The van der Waals surface area contributed by atoms with E-state index in [4.69, 9.17) is 9.47 Å². The predicted molar refractivity (Wildman–Crippen MR) is 78.5 cm³/mol. The highest BCUT2D eigenvalue weighted by Gasteiger charge is 2.25. The van der Waals surface area contributed by atoms with Crippen molar-refractivity contribution in [3.05, 3.63) is 28.7 Å². The summed E-state index contributed by atoms with van der Waals surface area (Å²) < 4.78 is 11.0. The van der Waals surface area contributed by atoms with Crippen LogP contribution in [0.15, 0.2) is 23.1 Å². The standard InChI is InChI=1S/C15H22N2O4/c1-11(2)10-20-15(19)17-7-4-12(5-8-17)21-13-3-6-16-14(18)9-13/h3,6,9,11-12H,4-5,7-8,10H2,1-2H3,(H,16,18). The Bertz CT molecular complexity index is 518. The number of amides is 1. The van der Waals surface area contributed by atoms with Gasteiger partial charge in [0, 0.05) is 38.2 Å². The molecule has 1 N–H and O–H groups in total. The Morgan fingerprint density at radius 2 is 2.14 bits per heavy atom.